The first kappa shape index (κ1) is 21.1. The van der Waals surface area contributed by atoms with E-state index in [2.05, 4.69) is 20.0 Å². The van der Waals surface area contributed by atoms with Crippen LogP contribution < -0.4 is 10.0 Å². The second kappa shape index (κ2) is 8.31. The SMILES string of the molecule is Cc1ccnc(NS(=O)(=O)c2ccc(Nc3c4ccccc4nc4cc(Cl)ccc34)cc2)n1. The summed E-state index contributed by atoms with van der Waals surface area (Å²) in [5.41, 5.74) is 3.87. The molecule has 0 bridgehead atoms. The van der Waals surface area contributed by atoms with E-state index in [1.165, 1.54) is 18.3 Å². The van der Waals surface area contributed by atoms with E-state index in [0.717, 1.165) is 33.2 Å². The van der Waals surface area contributed by atoms with Gasteiger partial charge in [-0.05, 0) is 61.5 Å². The third kappa shape index (κ3) is 4.30. The molecule has 33 heavy (non-hydrogen) atoms. The molecule has 5 aromatic rings. The average Bonchev–Trinajstić information content (AvgIpc) is 2.79. The van der Waals surface area contributed by atoms with Crippen molar-refractivity contribution in [3.05, 3.63) is 89.7 Å². The fraction of sp³-hybridized carbons (Fsp3) is 0.0417. The number of rotatable bonds is 5. The summed E-state index contributed by atoms with van der Waals surface area (Å²) in [7, 11) is -3.82. The van der Waals surface area contributed by atoms with Crippen molar-refractivity contribution in [3.8, 4) is 0 Å². The Labute approximate surface area is 195 Å². The first-order valence-corrected chi connectivity index (χ1v) is 11.9. The average molecular weight is 476 g/mol. The van der Waals surface area contributed by atoms with Crippen LogP contribution in [0.25, 0.3) is 21.8 Å². The van der Waals surface area contributed by atoms with Crippen molar-refractivity contribution in [1.82, 2.24) is 15.0 Å². The largest absolute Gasteiger partial charge is 0.354 e. The molecule has 0 atom stereocenters. The van der Waals surface area contributed by atoms with E-state index in [1.54, 1.807) is 25.1 Å². The Morgan fingerprint density at radius 1 is 0.848 bits per heavy atom. The highest BCUT2D eigenvalue weighted by molar-refractivity contribution is 7.92. The predicted molar refractivity (Wildman–Crippen MR) is 132 cm³/mol. The van der Waals surface area contributed by atoms with Gasteiger partial charge >= 0.3 is 0 Å². The van der Waals surface area contributed by atoms with Crippen molar-refractivity contribution < 1.29 is 8.42 Å². The van der Waals surface area contributed by atoms with E-state index in [-0.39, 0.29) is 10.8 Å². The maximum absolute atomic E-state index is 12.7. The topological polar surface area (TPSA) is 96.9 Å². The molecule has 0 aliphatic carbocycles. The molecule has 0 fully saturated rings. The van der Waals surface area contributed by atoms with Gasteiger partial charge < -0.3 is 5.32 Å². The predicted octanol–water partition coefficient (Wildman–Crippen LogP) is 5.68. The highest BCUT2D eigenvalue weighted by Crippen LogP contribution is 2.34. The zero-order valence-electron chi connectivity index (χ0n) is 17.4. The number of hydrogen-bond acceptors (Lipinski definition) is 6. The Kier molecular flexibility index (Phi) is 5.32. The van der Waals surface area contributed by atoms with Gasteiger partial charge in [-0.2, -0.15) is 0 Å². The first-order valence-electron chi connectivity index (χ1n) is 10.1. The highest BCUT2D eigenvalue weighted by atomic mass is 35.5. The second-order valence-corrected chi connectivity index (χ2v) is 9.56. The molecule has 7 nitrogen and oxygen atoms in total. The Balaban J connectivity index is 1.49. The van der Waals surface area contributed by atoms with Gasteiger partial charge in [-0.15, -0.1) is 0 Å². The van der Waals surface area contributed by atoms with Gasteiger partial charge in [0.15, 0.2) is 0 Å². The molecule has 0 spiro atoms. The van der Waals surface area contributed by atoms with Crippen molar-refractivity contribution in [2.75, 3.05) is 10.0 Å². The third-order valence-corrected chi connectivity index (χ3v) is 6.68. The van der Waals surface area contributed by atoms with Gasteiger partial charge in [-0.1, -0.05) is 29.8 Å². The maximum atomic E-state index is 12.7. The lowest BCUT2D eigenvalue weighted by Crippen LogP contribution is -2.15. The maximum Gasteiger partial charge on any atom is 0.264 e. The standard InChI is InChI=1S/C24H18ClN5O2S/c1-15-12-13-26-24(27-15)30-33(31,32)18-9-7-17(8-10-18)28-23-19-4-2-3-5-21(19)29-22-14-16(25)6-11-20(22)23/h2-14H,1H3,(H,28,29)(H,26,27,30). The van der Waals surface area contributed by atoms with Crippen LogP contribution in [0.15, 0.2) is 83.9 Å². The van der Waals surface area contributed by atoms with Crippen molar-refractivity contribution in [2.45, 2.75) is 11.8 Å². The number of nitrogens with one attached hydrogen (secondary N) is 2. The Hall–Kier alpha value is -3.75. The number of sulfonamides is 1. The minimum Gasteiger partial charge on any atom is -0.354 e. The van der Waals surface area contributed by atoms with Crippen molar-refractivity contribution in [2.24, 2.45) is 0 Å². The molecule has 2 N–H and O–H groups in total. The highest BCUT2D eigenvalue weighted by Gasteiger charge is 2.16. The number of hydrogen-bond donors (Lipinski definition) is 2. The van der Waals surface area contributed by atoms with E-state index in [9.17, 15) is 8.42 Å². The van der Waals surface area contributed by atoms with Gasteiger partial charge in [0.2, 0.25) is 5.95 Å². The summed E-state index contributed by atoms with van der Waals surface area (Å²) >= 11 is 6.18. The molecule has 0 amide bonds. The lowest BCUT2D eigenvalue weighted by molar-refractivity contribution is 0.601. The zero-order valence-corrected chi connectivity index (χ0v) is 19.0. The Bertz CT molecular complexity index is 1610. The summed E-state index contributed by atoms with van der Waals surface area (Å²) in [5.74, 6) is 0.0330. The number of benzene rings is 3. The minimum atomic E-state index is -3.82. The van der Waals surface area contributed by atoms with Gasteiger partial charge in [0.05, 0.1) is 21.6 Å². The molecule has 5 rings (SSSR count). The second-order valence-electron chi connectivity index (χ2n) is 7.44. The summed E-state index contributed by atoms with van der Waals surface area (Å²) in [6.07, 6.45) is 1.50. The van der Waals surface area contributed by atoms with Crippen LogP contribution in [0.5, 0.6) is 0 Å². The third-order valence-electron chi connectivity index (χ3n) is 5.10. The Morgan fingerprint density at radius 2 is 1.61 bits per heavy atom. The van der Waals surface area contributed by atoms with E-state index in [0.29, 0.717) is 10.7 Å². The molecule has 0 aliphatic rings. The smallest absolute Gasteiger partial charge is 0.264 e. The molecule has 0 unspecified atom stereocenters. The number of nitrogens with zero attached hydrogens (tertiary/aromatic N) is 3. The number of para-hydroxylation sites is 1. The zero-order chi connectivity index (χ0) is 23.0. The Morgan fingerprint density at radius 3 is 2.39 bits per heavy atom. The van der Waals surface area contributed by atoms with Crippen molar-refractivity contribution in [1.29, 1.82) is 0 Å². The number of fused-ring (bicyclic) bond motifs is 2. The molecule has 2 heterocycles. The minimum absolute atomic E-state index is 0.0330. The summed E-state index contributed by atoms with van der Waals surface area (Å²) in [4.78, 5) is 12.9. The molecule has 9 heteroatoms. The van der Waals surface area contributed by atoms with Gasteiger partial charge in [0.1, 0.15) is 0 Å². The quantitative estimate of drug-likeness (QED) is 0.317. The van der Waals surface area contributed by atoms with Crippen LogP contribution in [-0.4, -0.2) is 23.4 Å². The molecular formula is C24H18ClN5O2S. The van der Waals surface area contributed by atoms with Crippen LogP contribution in [0.1, 0.15) is 5.69 Å². The molecule has 2 aromatic heterocycles. The number of pyridine rings is 1. The van der Waals surface area contributed by atoms with E-state index < -0.39 is 10.0 Å². The number of aromatic nitrogens is 3. The van der Waals surface area contributed by atoms with Crippen LogP contribution in [0.3, 0.4) is 0 Å². The lowest BCUT2D eigenvalue weighted by atomic mass is 10.1. The van der Waals surface area contributed by atoms with Crippen LogP contribution in [-0.2, 0) is 10.0 Å². The molecule has 0 aliphatic heterocycles. The van der Waals surface area contributed by atoms with Crippen molar-refractivity contribution >= 4 is 60.8 Å². The normalized spacial score (nSPS) is 11.6. The molecule has 0 radical (unpaired) electrons. The summed E-state index contributed by atoms with van der Waals surface area (Å²) in [5, 5.41) is 5.89. The molecule has 0 saturated heterocycles. The molecule has 3 aromatic carbocycles. The molecular weight excluding hydrogens is 458 g/mol. The van der Waals surface area contributed by atoms with Crippen LogP contribution in [0, 0.1) is 6.92 Å². The van der Waals surface area contributed by atoms with Gasteiger partial charge in [-0.3, -0.25) is 0 Å². The van der Waals surface area contributed by atoms with Crippen LogP contribution >= 0.6 is 11.6 Å². The van der Waals surface area contributed by atoms with Crippen molar-refractivity contribution in [3.63, 3.8) is 0 Å². The molecule has 164 valence electrons. The first-order chi connectivity index (χ1) is 15.9. The summed E-state index contributed by atoms with van der Waals surface area (Å²) in [6.45, 7) is 1.76. The number of halogens is 1. The fourth-order valence-corrected chi connectivity index (χ4v) is 4.66. The monoisotopic (exact) mass is 475 g/mol. The van der Waals surface area contributed by atoms with Crippen LogP contribution in [0.2, 0.25) is 5.02 Å². The van der Waals surface area contributed by atoms with E-state index >= 15 is 0 Å². The van der Waals surface area contributed by atoms with E-state index in [1.807, 2.05) is 42.5 Å². The lowest BCUT2D eigenvalue weighted by Gasteiger charge is -2.14. The summed E-state index contributed by atoms with van der Waals surface area (Å²) < 4.78 is 27.9. The number of anilines is 3. The fourth-order valence-electron chi connectivity index (χ4n) is 3.54. The molecule has 0 saturated carbocycles. The van der Waals surface area contributed by atoms with Gasteiger partial charge in [-0.25, -0.2) is 28.1 Å². The van der Waals surface area contributed by atoms with Gasteiger partial charge in [0.25, 0.3) is 10.0 Å². The summed E-state index contributed by atoms with van der Waals surface area (Å²) in [6, 6.07) is 21.5. The number of aryl methyl sites for hydroxylation is 1. The van der Waals surface area contributed by atoms with Crippen LogP contribution in [0.4, 0.5) is 17.3 Å². The van der Waals surface area contributed by atoms with Gasteiger partial charge in [0, 0.05) is 33.4 Å². The van der Waals surface area contributed by atoms with E-state index in [4.69, 9.17) is 16.6 Å².